The van der Waals surface area contributed by atoms with Crippen LogP contribution in [0.25, 0.3) is 11.0 Å². The molecular formula is C14H18F3N4O3P. The lowest BCUT2D eigenvalue weighted by molar-refractivity contribution is -0.223. The molecule has 1 aliphatic rings. The van der Waals surface area contributed by atoms with Crippen LogP contribution in [0, 0.1) is 5.41 Å². The molecule has 2 heterocycles. The van der Waals surface area contributed by atoms with Crippen LogP contribution in [0.15, 0.2) is 12.5 Å². The van der Waals surface area contributed by atoms with Gasteiger partial charge in [-0.2, -0.15) is 13.2 Å². The number of nitrogens with zero attached hydrogens (tertiary/aromatic N) is 2. The Morgan fingerprint density at radius 2 is 2.12 bits per heavy atom. The molecule has 2 aromatic rings. The van der Waals surface area contributed by atoms with Crippen LogP contribution < -0.4 is 5.73 Å². The molecule has 0 aromatic carbocycles. The molecule has 1 fully saturated rings. The van der Waals surface area contributed by atoms with Crippen molar-refractivity contribution in [3.05, 3.63) is 18.1 Å². The van der Waals surface area contributed by atoms with Crippen molar-refractivity contribution in [2.45, 2.75) is 37.8 Å². The quantitative estimate of drug-likeness (QED) is 0.606. The van der Waals surface area contributed by atoms with E-state index in [9.17, 15) is 17.7 Å². The highest BCUT2D eigenvalue weighted by Crippen LogP contribution is 2.59. The van der Waals surface area contributed by atoms with E-state index >= 15 is 0 Å². The van der Waals surface area contributed by atoms with Gasteiger partial charge in [-0.25, -0.2) is 9.97 Å². The van der Waals surface area contributed by atoms with Gasteiger partial charge in [0.15, 0.2) is 5.82 Å². The van der Waals surface area contributed by atoms with Gasteiger partial charge in [-0.05, 0) is 37.2 Å². The maximum absolute atomic E-state index is 13.7. The summed E-state index contributed by atoms with van der Waals surface area (Å²) in [6.07, 6.45) is -3.18. The maximum atomic E-state index is 13.7. The molecule has 138 valence electrons. The van der Waals surface area contributed by atoms with Gasteiger partial charge in [0.05, 0.1) is 17.1 Å². The number of halogens is 3. The van der Waals surface area contributed by atoms with E-state index in [1.54, 1.807) is 6.20 Å². The molecule has 0 unspecified atom stereocenters. The average molecular weight is 378 g/mol. The number of nitrogens with two attached hydrogens (primary N) is 1. The van der Waals surface area contributed by atoms with Crippen LogP contribution in [0.4, 0.5) is 19.0 Å². The molecule has 0 bridgehead atoms. The largest absolute Gasteiger partial charge is 0.394 e. The lowest BCUT2D eigenvalue weighted by Crippen LogP contribution is -2.36. The van der Waals surface area contributed by atoms with Gasteiger partial charge in [0.25, 0.3) is 0 Å². The van der Waals surface area contributed by atoms with Crippen LogP contribution in [-0.4, -0.2) is 37.1 Å². The Labute approximate surface area is 141 Å². The lowest BCUT2D eigenvalue weighted by Gasteiger charge is -2.32. The molecule has 5 N–H and O–H groups in total. The van der Waals surface area contributed by atoms with E-state index in [0.29, 0.717) is 16.6 Å². The van der Waals surface area contributed by atoms with Gasteiger partial charge < -0.3 is 20.5 Å². The fourth-order valence-electron chi connectivity index (χ4n) is 3.67. The van der Waals surface area contributed by atoms with Crippen LogP contribution in [0.1, 0.15) is 37.2 Å². The molecule has 25 heavy (non-hydrogen) atoms. The number of alkyl halides is 3. The minimum absolute atomic E-state index is 0.172. The van der Waals surface area contributed by atoms with Crippen LogP contribution in [0.2, 0.25) is 0 Å². The molecule has 0 saturated heterocycles. The second kappa shape index (κ2) is 5.96. The standard InChI is InChI=1S/C14H18F3N4O3P/c15-14(16,17)13(3-4-25(22,23)24)2-1-8(5-13)9-6-19-11-10(9)20-7-21-12(11)18/h6-8,19H,1-5H2,(H2,18,20,21)(H2,22,23,24)/t8-,13+/m0/s1. The Morgan fingerprint density at radius 1 is 1.40 bits per heavy atom. The Hall–Kier alpha value is -1.64. The number of nitrogen functional groups attached to an aromatic ring is 1. The third-order valence-electron chi connectivity index (χ3n) is 5.05. The lowest BCUT2D eigenvalue weighted by atomic mass is 9.81. The predicted octanol–water partition coefficient (Wildman–Crippen LogP) is 2.92. The summed E-state index contributed by atoms with van der Waals surface area (Å²) in [6.45, 7) is 0. The van der Waals surface area contributed by atoms with Crippen LogP contribution in [0.5, 0.6) is 0 Å². The first-order valence-electron chi connectivity index (χ1n) is 7.71. The fraction of sp³-hybridized carbons (Fsp3) is 0.571. The van der Waals surface area contributed by atoms with Crippen LogP contribution in [-0.2, 0) is 4.57 Å². The number of nitrogens with one attached hydrogen (secondary N) is 1. The molecule has 2 aromatic heterocycles. The van der Waals surface area contributed by atoms with Gasteiger partial charge in [0.2, 0.25) is 0 Å². The van der Waals surface area contributed by atoms with E-state index in [1.807, 2.05) is 0 Å². The Bertz CT molecular complexity index is 834. The van der Waals surface area contributed by atoms with Crippen molar-refractivity contribution in [3.8, 4) is 0 Å². The van der Waals surface area contributed by atoms with Crippen molar-refractivity contribution in [1.29, 1.82) is 0 Å². The number of fused-ring (bicyclic) bond motifs is 1. The number of H-pyrrole nitrogens is 1. The zero-order valence-electron chi connectivity index (χ0n) is 13.1. The smallest absolute Gasteiger partial charge is 0.382 e. The number of rotatable bonds is 4. The summed E-state index contributed by atoms with van der Waals surface area (Å²) in [4.78, 5) is 28.8. The van der Waals surface area contributed by atoms with E-state index in [2.05, 4.69) is 15.0 Å². The second-order valence-corrected chi connectivity index (χ2v) is 8.36. The van der Waals surface area contributed by atoms with Crippen LogP contribution >= 0.6 is 7.60 Å². The van der Waals surface area contributed by atoms with Crippen molar-refractivity contribution >= 4 is 24.4 Å². The number of aromatic nitrogens is 3. The summed E-state index contributed by atoms with van der Waals surface area (Å²) < 4.78 is 52.1. The minimum Gasteiger partial charge on any atom is -0.382 e. The molecule has 0 spiro atoms. The van der Waals surface area contributed by atoms with Crippen LogP contribution in [0.3, 0.4) is 0 Å². The highest BCUT2D eigenvalue weighted by Gasteiger charge is 2.58. The van der Waals surface area contributed by atoms with E-state index in [-0.39, 0.29) is 25.1 Å². The zero-order valence-corrected chi connectivity index (χ0v) is 14.0. The molecule has 0 amide bonds. The Kier molecular flexibility index (Phi) is 4.33. The van der Waals surface area contributed by atoms with E-state index < -0.39 is 37.7 Å². The predicted molar refractivity (Wildman–Crippen MR) is 84.9 cm³/mol. The molecule has 7 nitrogen and oxygen atoms in total. The third kappa shape index (κ3) is 3.38. The zero-order chi connectivity index (χ0) is 18.5. The first-order valence-corrected chi connectivity index (χ1v) is 9.51. The first-order chi connectivity index (χ1) is 11.5. The SMILES string of the molecule is Nc1ncnc2c([C@H]3CC[C@](CCP(=O)(O)O)(C(F)(F)F)C3)c[nH]c12. The summed E-state index contributed by atoms with van der Waals surface area (Å²) in [5.41, 5.74) is 5.25. The monoisotopic (exact) mass is 378 g/mol. The number of hydrogen-bond acceptors (Lipinski definition) is 4. The summed E-state index contributed by atoms with van der Waals surface area (Å²) in [5, 5.41) is 0. The third-order valence-corrected chi connectivity index (χ3v) is 5.86. The molecule has 11 heteroatoms. The van der Waals surface area contributed by atoms with Gasteiger partial charge in [-0.15, -0.1) is 0 Å². The molecule has 1 saturated carbocycles. The maximum Gasteiger partial charge on any atom is 0.394 e. The van der Waals surface area contributed by atoms with Gasteiger partial charge in [-0.1, -0.05) is 0 Å². The van der Waals surface area contributed by atoms with E-state index in [4.69, 9.17) is 15.5 Å². The van der Waals surface area contributed by atoms with Crippen molar-refractivity contribution in [1.82, 2.24) is 15.0 Å². The molecule has 0 aliphatic heterocycles. The molecular weight excluding hydrogens is 360 g/mol. The van der Waals surface area contributed by atoms with Gasteiger partial charge in [0.1, 0.15) is 11.8 Å². The van der Waals surface area contributed by atoms with E-state index in [0.717, 1.165) is 0 Å². The highest BCUT2D eigenvalue weighted by molar-refractivity contribution is 7.51. The number of anilines is 1. The molecule has 0 radical (unpaired) electrons. The summed E-state index contributed by atoms with van der Waals surface area (Å²) in [7, 11) is -4.50. The van der Waals surface area contributed by atoms with Gasteiger partial charge in [-0.3, -0.25) is 4.57 Å². The van der Waals surface area contributed by atoms with Crippen molar-refractivity contribution < 1.29 is 27.5 Å². The highest BCUT2D eigenvalue weighted by atomic mass is 31.2. The van der Waals surface area contributed by atoms with E-state index in [1.165, 1.54) is 6.33 Å². The average Bonchev–Trinajstić information content (AvgIpc) is 3.08. The molecule has 1 aliphatic carbocycles. The molecule has 3 rings (SSSR count). The fourth-order valence-corrected chi connectivity index (χ4v) is 4.39. The minimum atomic E-state index is -4.53. The summed E-state index contributed by atoms with van der Waals surface area (Å²) in [5.74, 6) is -0.195. The van der Waals surface area contributed by atoms with Crippen molar-refractivity contribution in [3.63, 3.8) is 0 Å². The van der Waals surface area contributed by atoms with Gasteiger partial charge in [0, 0.05) is 6.20 Å². The summed E-state index contributed by atoms with van der Waals surface area (Å²) in [6, 6.07) is 0. The van der Waals surface area contributed by atoms with Crippen molar-refractivity contribution in [2.24, 2.45) is 5.41 Å². The Morgan fingerprint density at radius 3 is 2.76 bits per heavy atom. The number of aromatic amines is 1. The number of hydrogen-bond donors (Lipinski definition) is 4. The summed E-state index contributed by atoms with van der Waals surface area (Å²) >= 11 is 0. The topological polar surface area (TPSA) is 125 Å². The second-order valence-electron chi connectivity index (χ2n) is 6.58. The molecule has 2 atom stereocenters. The Balaban J connectivity index is 1.91. The van der Waals surface area contributed by atoms with Crippen molar-refractivity contribution in [2.75, 3.05) is 11.9 Å². The first kappa shape index (κ1) is 18.2. The normalized spacial score (nSPS) is 24.9. The van der Waals surface area contributed by atoms with Gasteiger partial charge >= 0.3 is 13.8 Å².